The van der Waals surface area contributed by atoms with Crippen LogP contribution in [-0.2, 0) is 0 Å². The first kappa shape index (κ1) is 14.5. The summed E-state index contributed by atoms with van der Waals surface area (Å²) in [5.41, 5.74) is 1.36. The van der Waals surface area contributed by atoms with E-state index in [1.807, 2.05) is 26.0 Å². The average Bonchev–Trinajstić information content (AvgIpc) is 2.43. The number of halogens is 1. The largest absolute Gasteiger partial charge is 0.494 e. The number of nitrogens with one attached hydrogen (secondary N) is 1. The lowest BCUT2D eigenvalue weighted by Crippen LogP contribution is -2.13. The predicted molar refractivity (Wildman–Crippen MR) is 82.2 cm³/mol. The Labute approximate surface area is 126 Å². The van der Waals surface area contributed by atoms with Crippen LogP contribution in [0.1, 0.15) is 23.0 Å². The molecule has 0 saturated heterocycles. The molecule has 0 aliphatic carbocycles. The third kappa shape index (κ3) is 3.57. The van der Waals surface area contributed by atoms with Crippen molar-refractivity contribution in [1.82, 2.24) is 4.98 Å². The van der Waals surface area contributed by atoms with Crippen LogP contribution in [0, 0.1) is 6.92 Å². The molecule has 0 aliphatic heterocycles. The van der Waals surface area contributed by atoms with Crippen LogP contribution in [0.25, 0.3) is 0 Å². The summed E-state index contributed by atoms with van der Waals surface area (Å²) in [6, 6.07) is 10.7. The van der Waals surface area contributed by atoms with Gasteiger partial charge in [0, 0.05) is 10.0 Å². The molecule has 1 amide bonds. The van der Waals surface area contributed by atoms with E-state index in [-0.39, 0.29) is 5.91 Å². The zero-order valence-electron chi connectivity index (χ0n) is 11.3. The lowest BCUT2D eigenvalue weighted by atomic mass is 10.2. The van der Waals surface area contributed by atoms with Crippen molar-refractivity contribution in [1.29, 1.82) is 0 Å². The zero-order chi connectivity index (χ0) is 14.5. The van der Waals surface area contributed by atoms with Gasteiger partial charge < -0.3 is 10.1 Å². The van der Waals surface area contributed by atoms with Gasteiger partial charge >= 0.3 is 0 Å². The van der Waals surface area contributed by atoms with Crippen molar-refractivity contribution in [2.75, 3.05) is 11.9 Å². The molecule has 0 aliphatic rings. The Hall–Kier alpha value is -1.88. The average molecular weight is 335 g/mol. The molecular formula is C15H15BrN2O2. The van der Waals surface area contributed by atoms with Crippen LogP contribution in [0.2, 0.25) is 0 Å². The Morgan fingerprint density at radius 3 is 2.85 bits per heavy atom. The molecule has 0 fully saturated rings. The van der Waals surface area contributed by atoms with E-state index in [1.165, 1.54) is 0 Å². The second-order valence-electron chi connectivity index (χ2n) is 4.18. The van der Waals surface area contributed by atoms with Crippen LogP contribution in [0.15, 0.2) is 40.9 Å². The Kier molecular flexibility index (Phi) is 4.74. The summed E-state index contributed by atoms with van der Waals surface area (Å²) in [7, 11) is 0. The minimum absolute atomic E-state index is 0.208. The zero-order valence-corrected chi connectivity index (χ0v) is 12.9. The Morgan fingerprint density at radius 2 is 2.15 bits per heavy atom. The molecule has 0 saturated carbocycles. The van der Waals surface area contributed by atoms with Crippen molar-refractivity contribution in [2.24, 2.45) is 0 Å². The van der Waals surface area contributed by atoms with E-state index in [0.29, 0.717) is 23.7 Å². The quantitative estimate of drug-likeness (QED) is 0.925. The molecular weight excluding hydrogens is 320 g/mol. The SMILES string of the molecule is CCOc1cccc(C(=O)Nc2ccc(Br)c(C)n2)c1. The summed E-state index contributed by atoms with van der Waals surface area (Å²) in [4.78, 5) is 16.4. The van der Waals surface area contributed by atoms with E-state index in [0.717, 1.165) is 10.2 Å². The molecule has 1 aromatic heterocycles. The number of carbonyl (C=O) groups is 1. The summed E-state index contributed by atoms with van der Waals surface area (Å²) in [6.45, 7) is 4.34. The molecule has 0 radical (unpaired) electrons. The molecule has 4 nitrogen and oxygen atoms in total. The molecule has 104 valence electrons. The van der Waals surface area contributed by atoms with Crippen LogP contribution in [-0.4, -0.2) is 17.5 Å². The number of hydrogen-bond donors (Lipinski definition) is 1. The van der Waals surface area contributed by atoms with Crippen molar-refractivity contribution in [2.45, 2.75) is 13.8 Å². The second kappa shape index (κ2) is 6.52. The maximum atomic E-state index is 12.1. The van der Waals surface area contributed by atoms with Crippen LogP contribution < -0.4 is 10.1 Å². The van der Waals surface area contributed by atoms with Crippen LogP contribution in [0.4, 0.5) is 5.82 Å². The fourth-order valence-electron chi connectivity index (χ4n) is 1.70. The van der Waals surface area contributed by atoms with Gasteiger partial charge in [0.05, 0.1) is 12.3 Å². The normalized spacial score (nSPS) is 10.2. The Morgan fingerprint density at radius 1 is 1.35 bits per heavy atom. The molecule has 0 unspecified atom stereocenters. The van der Waals surface area contributed by atoms with Gasteiger partial charge in [-0.25, -0.2) is 4.98 Å². The highest BCUT2D eigenvalue weighted by molar-refractivity contribution is 9.10. The highest BCUT2D eigenvalue weighted by atomic mass is 79.9. The first-order valence-electron chi connectivity index (χ1n) is 6.27. The lowest BCUT2D eigenvalue weighted by Gasteiger charge is -2.08. The maximum Gasteiger partial charge on any atom is 0.256 e. The van der Waals surface area contributed by atoms with E-state index in [4.69, 9.17) is 4.74 Å². The summed E-state index contributed by atoms with van der Waals surface area (Å²) in [5.74, 6) is 0.999. The number of pyridine rings is 1. The van der Waals surface area contributed by atoms with Gasteiger partial charge in [-0.3, -0.25) is 4.79 Å². The standard InChI is InChI=1S/C15H15BrN2O2/c1-3-20-12-6-4-5-11(9-12)15(19)18-14-8-7-13(16)10(2)17-14/h4-9H,3H2,1-2H3,(H,17,18,19). The van der Waals surface area contributed by atoms with E-state index < -0.39 is 0 Å². The molecule has 0 atom stereocenters. The van der Waals surface area contributed by atoms with Crippen LogP contribution in [0.3, 0.4) is 0 Å². The fraction of sp³-hybridized carbons (Fsp3) is 0.200. The van der Waals surface area contributed by atoms with E-state index >= 15 is 0 Å². The summed E-state index contributed by atoms with van der Waals surface area (Å²) < 4.78 is 6.29. The van der Waals surface area contributed by atoms with Crippen molar-refractivity contribution in [3.05, 3.63) is 52.1 Å². The number of ether oxygens (including phenoxy) is 1. The molecule has 0 spiro atoms. The minimum Gasteiger partial charge on any atom is -0.494 e. The van der Waals surface area contributed by atoms with Crippen molar-refractivity contribution >= 4 is 27.7 Å². The maximum absolute atomic E-state index is 12.1. The van der Waals surface area contributed by atoms with E-state index in [9.17, 15) is 4.79 Å². The molecule has 5 heteroatoms. The summed E-state index contributed by atoms with van der Waals surface area (Å²) >= 11 is 3.38. The minimum atomic E-state index is -0.208. The predicted octanol–water partition coefficient (Wildman–Crippen LogP) is 3.80. The number of hydrogen-bond acceptors (Lipinski definition) is 3. The number of anilines is 1. The van der Waals surface area contributed by atoms with Gasteiger partial charge in [0.25, 0.3) is 5.91 Å². The summed E-state index contributed by atoms with van der Waals surface area (Å²) in [5, 5.41) is 2.77. The molecule has 0 bridgehead atoms. The number of aromatic nitrogens is 1. The van der Waals surface area contributed by atoms with Crippen LogP contribution >= 0.6 is 15.9 Å². The van der Waals surface area contributed by atoms with Crippen LogP contribution in [0.5, 0.6) is 5.75 Å². The number of aryl methyl sites for hydroxylation is 1. The van der Waals surface area contributed by atoms with Gasteiger partial charge in [0.2, 0.25) is 0 Å². The Bertz CT molecular complexity index is 629. The number of rotatable bonds is 4. The topological polar surface area (TPSA) is 51.2 Å². The number of carbonyl (C=O) groups excluding carboxylic acids is 1. The number of nitrogens with zero attached hydrogens (tertiary/aromatic N) is 1. The highest BCUT2D eigenvalue weighted by Crippen LogP contribution is 2.18. The molecule has 2 rings (SSSR count). The molecule has 1 aromatic carbocycles. The smallest absolute Gasteiger partial charge is 0.256 e. The third-order valence-electron chi connectivity index (χ3n) is 2.67. The number of benzene rings is 1. The third-order valence-corrected chi connectivity index (χ3v) is 3.51. The Balaban J connectivity index is 2.15. The van der Waals surface area contributed by atoms with Gasteiger partial charge in [0.15, 0.2) is 0 Å². The van der Waals surface area contributed by atoms with Gasteiger partial charge in [-0.1, -0.05) is 6.07 Å². The highest BCUT2D eigenvalue weighted by Gasteiger charge is 2.08. The lowest BCUT2D eigenvalue weighted by molar-refractivity contribution is 0.102. The molecule has 1 heterocycles. The fourth-order valence-corrected chi connectivity index (χ4v) is 1.92. The molecule has 2 aromatic rings. The first-order chi connectivity index (χ1) is 9.60. The second-order valence-corrected chi connectivity index (χ2v) is 5.03. The van der Waals surface area contributed by atoms with Crippen molar-refractivity contribution in [3.8, 4) is 5.75 Å². The van der Waals surface area contributed by atoms with Crippen molar-refractivity contribution < 1.29 is 9.53 Å². The van der Waals surface area contributed by atoms with Crippen molar-refractivity contribution in [3.63, 3.8) is 0 Å². The van der Waals surface area contributed by atoms with Gasteiger partial charge in [-0.05, 0) is 60.1 Å². The first-order valence-corrected chi connectivity index (χ1v) is 7.07. The van der Waals surface area contributed by atoms with E-state index in [1.54, 1.807) is 24.3 Å². The molecule has 1 N–H and O–H groups in total. The van der Waals surface area contributed by atoms with Gasteiger partial charge in [-0.2, -0.15) is 0 Å². The number of amides is 1. The molecule has 20 heavy (non-hydrogen) atoms. The van der Waals surface area contributed by atoms with E-state index in [2.05, 4.69) is 26.2 Å². The van der Waals surface area contributed by atoms with Gasteiger partial charge in [-0.15, -0.1) is 0 Å². The van der Waals surface area contributed by atoms with Gasteiger partial charge in [0.1, 0.15) is 11.6 Å². The monoisotopic (exact) mass is 334 g/mol. The summed E-state index contributed by atoms with van der Waals surface area (Å²) in [6.07, 6.45) is 0.